The molecule has 27 heavy (non-hydrogen) atoms. The van der Waals surface area contributed by atoms with E-state index in [2.05, 4.69) is 39.2 Å². The van der Waals surface area contributed by atoms with Gasteiger partial charge in [0.25, 0.3) is 0 Å². The Morgan fingerprint density at radius 3 is 2.59 bits per heavy atom. The highest BCUT2D eigenvalue weighted by atomic mass is 16.6. The maximum absolute atomic E-state index is 11.8. The minimum atomic E-state index is -0.247. The van der Waals surface area contributed by atoms with E-state index in [1.165, 1.54) is 11.1 Å². The first-order chi connectivity index (χ1) is 13.1. The number of rotatable bonds is 5. The molecule has 0 atom stereocenters. The number of hydrogen-bond acceptors (Lipinski definition) is 6. The summed E-state index contributed by atoms with van der Waals surface area (Å²) in [6, 6.07) is 10.3. The molecule has 2 heterocycles. The Kier molecular flexibility index (Phi) is 6.11. The van der Waals surface area contributed by atoms with Gasteiger partial charge in [0.05, 0.1) is 6.61 Å². The molecule has 7 nitrogen and oxygen atoms in total. The minimum Gasteiger partial charge on any atom is -0.450 e. The third-order valence-electron chi connectivity index (χ3n) is 4.65. The largest absolute Gasteiger partial charge is 0.450 e. The smallest absolute Gasteiger partial charge is 0.409 e. The van der Waals surface area contributed by atoms with Crippen molar-refractivity contribution in [1.29, 1.82) is 0 Å². The van der Waals surface area contributed by atoms with Gasteiger partial charge in [0.15, 0.2) is 0 Å². The first kappa shape index (κ1) is 18.9. The van der Waals surface area contributed by atoms with Crippen molar-refractivity contribution in [2.24, 2.45) is 0 Å². The number of piperazine rings is 1. The standard InChI is InChI=1S/C20H27N5O2/c1-4-27-20(26)25-11-9-24(10-12-25)19-22-16(3)13-18(23-19)21-14-17-8-6-5-7-15(17)2/h5-8,13H,4,9-12,14H2,1-3H3,(H,21,22,23). The van der Waals surface area contributed by atoms with Crippen LogP contribution in [0.2, 0.25) is 0 Å². The monoisotopic (exact) mass is 369 g/mol. The van der Waals surface area contributed by atoms with Crippen molar-refractivity contribution in [2.45, 2.75) is 27.3 Å². The lowest BCUT2D eigenvalue weighted by Crippen LogP contribution is -2.49. The fraction of sp³-hybridized carbons (Fsp3) is 0.450. The summed E-state index contributed by atoms with van der Waals surface area (Å²) in [5, 5.41) is 3.40. The van der Waals surface area contributed by atoms with E-state index in [9.17, 15) is 4.79 Å². The van der Waals surface area contributed by atoms with Crippen LogP contribution in [0.3, 0.4) is 0 Å². The molecule has 1 aromatic carbocycles. The lowest BCUT2D eigenvalue weighted by molar-refractivity contribution is 0.105. The number of hydrogen-bond donors (Lipinski definition) is 1. The van der Waals surface area contributed by atoms with Crippen molar-refractivity contribution in [3.8, 4) is 0 Å². The van der Waals surface area contributed by atoms with E-state index < -0.39 is 0 Å². The average Bonchev–Trinajstić information content (AvgIpc) is 2.67. The molecule has 1 amide bonds. The Morgan fingerprint density at radius 1 is 1.15 bits per heavy atom. The molecule has 0 radical (unpaired) electrons. The summed E-state index contributed by atoms with van der Waals surface area (Å²) in [5.41, 5.74) is 3.42. The fourth-order valence-corrected chi connectivity index (χ4v) is 3.08. The van der Waals surface area contributed by atoms with Crippen molar-refractivity contribution >= 4 is 17.9 Å². The predicted octanol–water partition coefficient (Wildman–Crippen LogP) is 2.98. The van der Waals surface area contributed by atoms with Gasteiger partial charge in [-0.05, 0) is 31.9 Å². The van der Waals surface area contributed by atoms with Gasteiger partial charge in [-0.25, -0.2) is 9.78 Å². The summed E-state index contributed by atoms with van der Waals surface area (Å²) in [6.07, 6.45) is -0.247. The van der Waals surface area contributed by atoms with Crippen LogP contribution in [-0.4, -0.2) is 53.7 Å². The molecule has 1 aliphatic rings. The molecule has 1 aliphatic heterocycles. The normalized spacial score (nSPS) is 14.2. The number of ether oxygens (including phenoxy) is 1. The second-order valence-electron chi connectivity index (χ2n) is 6.65. The van der Waals surface area contributed by atoms with E-state index in [1.54, 1.807) is 4.90 Å². The SMILES string of the molecule is CCOC(=O)N1CCN(c2nc(C)cc(NCc3ccccc3C)n2)CC1. The maximum atomic E-state index is 11.8. The van der Waals surface area contributed by atoms with E-state index in [-0.39, 0.29) is 6.09 Å². The number of benzene rings is 1. The van der Waals surface area contributed by atoms with Crippen LogP contribution in [0, 0.1) is 13.8 Å². The number of carbonyl (C=O) groups is 1. The molecule has 3 rings (SSSR count). The van der Waals surface area contributed by atoms with Crippen LogP contribution in [0.25, 0.3) is 0 Å². The quantitative estimate of drug-likeness (QED) is 0.874. The summed E-state index contributed by atoms with van der Waals surface area (Å²) in [5.74, 6) is 1.51. The molecular formula is C20H27N5O2. The molecule has 0 saturated carbocycles. The number of anilines is 2. The summed E-state index contributed by atoms with van der Waals surface area (Å²) in [6.45, 7) is 9.63. The lowest BCUT2D eigenvalue weighted by Gasteiger charge is -2.34. The van der Waals surface area contributed by atoms with Crippen molar-refractivity contribution in [2.75, 3.05) is 43.0 Å². The molecular weight excluding hydrogens is 342 g/mol. The molecule has 1 saturated heterocycles. The average molecular weight is 369 g/mol. The first-order valence-corrected chi connectivity index (χ1v) is 9.37. The molecule has 2 aromatic rings. The predicted molar refractivity (Wildman–Crippen MR) is 106 cm³/mol. The third-order valence-corrected chi connectivity index (χ3v) is 4.65. The van der Waals surface area contributed by atoms with Crippen molar-refractivity contribution < 1.29 is 9.53 Å². The molecule has 7 heteroatoms. The molecule has 0 bridgehead atoms. The Balaban J connectivity index is 1.64. The molecule has 1 aromatic heterocycles. The van der Waals surface area contributed by atoms with Crippen molar-refractivity contribution in [3.63, 3.8) is 0 Å². The van der Waals surface area contributed by atoms with Gasteiger partial charge in [0.2, 0.25) is 5.95 Å². The van der Waals surface area contributed by atoms with Crippen LogP contribution in [0.15, 0.2) is 30.3 Å². The van der Waals surface area contributed by atoms with E-state index in [1.807, 2.05) is 32.0 Å². The minimum absolute atomic E-state index is 0.247. The Morgan fingerprint density at radius 2 is 1.89 bits per heavy atom. The van der Waals surface area contributed by atoms with Crippen LogP contribution in [0.5, 0.6) is 0 Å². The second kappa shape index (κ2) is 8.70. The lowest BCUT2D eigenvalue weighted by atomic mass is 10.1. The third kappa shape index (κ3) is 4.87. The summed E-state index contributed by atoms with van der Waals surface area (Å²) < 4.78 is 5.07. The number of aromatic nitrogens is 2. The Hall–Kier alpha value is -2.83. The zero-order chi connectivity index (χ0) is 19.2. The van der Waals surface area contributed by atoms with Crippen LogP contribution in [0.4, 0.5) is 16.6 Å². The highest BCUT2D eigenvalue weighted by molar-refractivity contribution is 5.68. The maximum Gasteiger partial charge on any atom is 0.409 e. The topological polar surface area (TPSA) is 70.6 Å². The van der Waals surface area contributed by atoms with Gasteiger partial charge in [-0.15, -0.1) is 0 Å². The second-order valence-corrected chi connectivity index (χ2v) is 6.65. The molecule has 0 spiro atoms. The number of nitrogens with zero attached hydrogens (tertiary/aromatic N) is 4. The summed E-state index contributed by atoms with van der Waals surface area (Å²) in [4.78, 5) is 24.9. The van der Waals surface area contributed by atoms with Gasteiger partial charge < -0.3 is 19.9 Å². The molecule has 0 unspecified atom stereocenters. The Bertz CT molecular complexity index is 788. The number of nitrogens with one attached hydrogen (secondary N) is 1. The van der Waals surface area contributed by atoms with E-state index >= 15 is 0 Å². The highest BCUT2D eigenvalue weighted by Gasteiger charge is 2.23. The number of amides is 1. The van der Waals surface area contributed by atoms with E-state index in [4.69, 9.17) is 4.74 Å². The van der Waals surface area contributed by atoms with Crippen molar-refractivity contribution in [1.82, 2.24) is 14.9 Å². The van der Waals surface area contributed by atoms with Crippen LogP contribution in [-0.2, 0) is 11.3 Å². The van der Waals surface area contributed by atoms with Gasteiger partial charge in [-0.2, -0.15) is 4.98 Å². The number of aryl methyl sites for hydroxylation is 2. The van der Waals surface area contributed by atoms with Gasteiger partial charge in [-0.1, -0.05) is 24.3 Å². The van der Waals surface area contributed by atoms with Crippen molar-refractivity contribution in [3.05, 3.63) is 47.2 Å². The van der Waals surface area contributed by atoms with E-state index in [0.717, 1.165) is 18.1 Å². The fourth-order valence-electron chi connectivity index (χ4n) is 3.08. The molecule has 144 valence electrons. The highest BCUT2D eigenvalue weighted by Crippen LogP contribution is 2.17. The number of carbonyl (C=O) groups excluding carboxylic acids is 1. The van der Waals surface area contributed by atoms with Gasteiger partial charge >= 0.3 is 6.09 Å². The Labute approximate surface area is 160 Å². The van der Waals surface area contributed by atoms with Gasteiger partial charge in [0.1, 0.15) is 5.82 Å². The molecule has 0 aliphatic carbocycles. The summed E-state index contributed by atoms with van der Waals surface area (Å²) in [7, 11) is 0. The van der Waals surface area contributed by atoms with Gasteiger partial charge in [-0.3, -0.25) is 0 Å². The van der Waals surface area contributed by atoms with Crippen LogP contribution in [0.1, 0.15) is 23.7 Å². The van der Waals surface area contributed by atoms with Crippen LogP contribution < -0.4 is 10.2 Å². The zero-order valence-electron chi connectivity index (χ0n) is 16.2. The van der Waals surface area contributed by atoms with E-state index in [0.29, 0.717) is 38.7 Å². The zero-order valence-corrected chi connectivity index (χ0v) is 16.2. The molecule has 1 fully saturated rings. The summed E-state index contributed by atoms with van der Waals surface area (Å²) >= 11 is 0. The van der Waals surface area contributed by atoms with Crippen LogP contribution >= 0.6 is 0 Å². The first-order valence-electron chi connectivity index (χ1n) is 9.37. The van der Waals surface area contributed by atoms with Gasteiger partial charge in [0, 0.05) is 44.5 Å². The molecule has 1 N–H and O–H groups in total.